The van der Waals surface area contributed by atoms with Crippen LogP contribution in [-0.4, -0.2) is 5.88 Å². The largest absolute Gasteiger partial charge is 0.198 e. The Hall–Kier alpha value is -1.00. The van der Waals surface area contributed by atoms with Crippen LogP contribution in [0.4, 0.5) is 0 Å². The highest BCUT2D eigenvalue weighted by atomic mass is 35.5. The summed E-state index contributed by atoms with van der Waals surface area (Å²) >= 11 is 5.58. The number of rotatable bonds is 2. The Balaban J connectivity index is 2.85. The van der Waals surface area contributed by atoms with E-state index in [1.807, 2.05) is 30.3 Å². The first kappa shape index (κ1) is 8.10. The highest BCUT2D eigenvalue weighted by Gasteiger charge is 2.06. The topological polar surface area (TPSA) is 23.8 Å². The first-order valence-corrected chi connectivity index (χ1v) is 3.92. The molecule has 0 spiro atoms. The molecule has 0 fully saturated rings. The van der Waals surface area contributed by atoms with Crippen molar-refractivity contribution in [3.63, 3.8) is 0 Å². The SMILES string of the molecule is N#CC(CCl)c1ccccc1. The van der Waals surface area contributed by atoms with E-state index in [0.717, 1.165) is 5.56 Å². The fraction of sp³-hybridized carbons (Fsp3) is 0.222. The second-order valence-electron chi connectivity index (χ2n) is 2.25. The van der Waals surface area contributed by atoms with Crippen LogP contribution in [0.2, 0.25) is 0 Å². The van der Waals surface area contributed by atoms with Crippen molar-refractivity contribution in [2.75, 3.05) is 5.88 Å². The number of nitriles is 1. The molecular formula is C9H8ClN. The van der Waals surface area contributed by atoms with Gasteiger partial charge in [0.05, 0.1) is 12.0 Å². The summed E-state index contributed by atoms with van der Waals surface area (Å²) < 4.78 is 0. The molecule has 1 aromatic rings. The molecule has 1 rings (SSSR count). The molecule has 0 radical (unpaired) electrons. The van der Waals surface area contributed by atoms with Gasteiger partial charge in [0, 0.05) is 5.88 Å². The molecule has 0 aliphatic carbocycles. The molecule has 1 unspecified atom stereocenters. The summed E-state index contributed by atoms with van der Waals surface area (Å²) in [6.07, 6.45) is 0. The van der Waals surface area contributed by atoms with Crippen LogP contribution < -0.4 is 0 Å². The average molecular weight is 166 g/mol. The van der Waals surface area contributed by atoms with Gasteiger partial charge in [-0.05, 0) is 5.56 Å². The first-order chi connectivity index (χ1) is 5.38. The third-order valence-corrected chi connectivity index (χ3v) is 1.82. The maximum absolute atomic E-state index is 8.65. The van der Waals surface area contributed by atoms with E-state index in [-0.39, 0.29) is 5.92 Å². The zero-order valence-corrected chi connectivity index (χ0v) is 6.75. The maximum Gasteiger partial charge on any atom is 0.0847 e. The Morgan fingerprint density at radius 1 is 1.36 bits per heavy atom. The van der Waals surface area contributed by atoms with Crippen LogP contribution in [0.3, 0.4) is 0 Å². The number of benzene rings is 1. The molecule has 0 saturated carbocycles. The van der Waals surface area contributed by atoms with Crippen molar-refractivity contribution >= 4 is 11.6 Å². The quantitative estimate of drug-likeness (QED) is 0.618. The van der Waals surface area contributed by atoms with E-state index in [1.165, 1.54) is 0 Å². The smallest absolute Gasteiger partial charge is 0.0847 e. The lowest BCUT2D eigenvalue weighted by atomic mass is 10.0. The second-order valence-corrected chi connectivity index (χ2v) is 2.56. The summed E-state index contributed by atoms with van der Waals surface area (Å²) in [4.78, 5) is 0. The first-order valence-electron chi connectivity index (χ1n) is 3.39. The lowest BCUT2D eigenvalue weighted by Gasteiger charge is -2.02. The van der Waals surface area contributed by atoms with E-state index in [1.54, 1.807) is 0 Å². The number of alkyl halides is 1. The van der Waals surface area contributed by atoms with Gasteiger partial charge in [-0.25, -0.2) is 0 Å². The predicted octanol–water partition coefficient (Wildman–Crippen LogP) is 2.53. The van der Waals surface area contributed by atoms with Crippen molar-refractivity contribution in [1.82, 2.24) is 0 Å². The van der Waals surface area contributed by atoms with E-state index < -0.39 is 0 Å². The third kappa shape index (κ3) is 1.96. The fourth-order valence-corrected chi connectivity index (χ4v) is 1.13. The molecule has 1 nitrogen and oxygen atoms in total. The van der Waals surface area contributed by atoms with Crippen LogP contribution in [0.25, 0.3) is 0 Å². The van der Waals surface area contributed by atoms with Crippen LogP contribution in [0, 0.1) is 11.3 Å². The maximum atomic E-state index is 8.65. The Bertz CT molecular complexity index is 250. The molecule has 0 amide bonds. The molecule has 0 aliphatic heterocycles. The molecule has 0 aliphatic rings. The Kier molecular flexibility index (Phi) is 2.95. The van der Waals surface area contributed by atoms with Gasteiger partial charge in [-0.3, -0.25) is 0 Å². The summed E-state index contributed by atoms with van der Waals surface area (Å²) in [6, 6.07) is 11.7. The lowest BCUT2D eigenvalue weighted by Crippen LogP contribution is -1.95. The third-order valence-electron chi connectivity index (χ3n) is 1.51. The molecule has 1 atom stereocenters. The van der Waals surface area contributed by atoms with Gasteiger partial charge in [0.2, 0.25) is 0 Å². The van der Waals surface area contributed by atoms with Gasteiger partial charge in [-0.15, -0.1) is 11.6 Å². The van der Waals surface area contributed by atoms with Crippen LogP contribution in [0.15, 0.2) is 30.3 Å². The Labute approximate surface area is 71.2 Å². The van der Waals surface area contributed by atoms with Gasteiger partial charge in [-0.2, -0.15) is 5.26 Å². The summed E-state index contributed by atoms with van der Waals surface area (Å²) in [5.41, 5.74) is 0.991. The summed E-state index contributed by atoms with van der Waals surface area (Å²) in [7, 11) is 0. The van der Waals surface area contributed by atoms with E-state index in [2.05, 4.69) is 6.07 Å². The van der Waals surface area contributed by atoms with Crippen molar-refractivity contribution in [2.45, 2.75) is 5.92 Å². The number of hydrogen-bond acceptors (Lipinski definition) is 1. The highest BCUT2D eigenvalue weighted by molar-refractivity contribution is 6.18. The molecule has 1 aromatic carbocycles. The van der Waals surface area contributed by atoms with E-state index in [0.29, 0.717) is 5.88 Å². The van der Waals surface area contributed by atoms with Crippen molar-refractivity contribution in [3.8, 4) is 6.07 Å². The van der Waals surface area contributed by atoms with Crippen LogP contribution in [-0.2, 0) is 0 Å². The minimum absolute atomic E-state index is 0.169. The molecule has 0 N–H and O–H groups in total. The van der Waals surface area contributed by atoms with Crippen molar-refractivity contribution in [2.24, 2.45) is 0 Å². The summed E-state index contributed by atoms with van der Waals surface area (Å²) in [5, 5.41) is 8.65. The predicted molar refractivity (Wildman–Crippen MR) is 45.5 cm³/mol. The van der Waals surface area contributed by atoms with Crippen molar-refractivity contribution in [1.29, 1.82) is 5.26 Å². The summed E-state index contributed by atoms with van der Waals surface area (Å²) in [5.74, 6) is 0.193. The fourth-order valence-electron chi connectivity index (χ4n) is 0.883. The second kappa shape index (κ2) is 4.00. The Morgan fingerprint density at radius 2 is 2.00 bits per heavy atom. The van der Waals surface area contributed by atoms with Gasteiger partial charge in [0.1, 0.15) is 0 Å². The van der Waals surface area contributed by atoms with E-state index in [9.17, 15) is 0 Å². The van der Waals surface area contributed by atoms with Gasteiger partial charge in [0.25, 0.3) is 0 Å². The highest BCUT2D eigenvalue weighted by Crippen LogP contribution is 2.15. The molecule has 0 aromatic heterocycles. The van der Waals surface area contributed by atoms with Crippen molar-refractivity contribution < 1.29 is 0 Å². The van der Waals surface area contributed by atoms with Crippen molar-refractivity contribution in [3.05, 3.63) is 35.9 Å². The van der Waals surface area contributed by atoms with E-state index in [4.69, 9.17) is 16.9 Å². The zero-order valence-electron chi connectivity index (χ0n) is 6.00. The normalized spacial score (nSPS) is 12.0. The number of nitrogens with zero attached hydrogens (tertiary/aromatic N) is 1. The summed E-state index contributed by atoms with van der Waals surface area (Å²) in [6.45, 7) is 0. The van der Waals surface area contributed by atoms with Gasteiger partial charge in [0.15, 0.2) is 0 Å². The molecule has 0 bridgehead atoms. The molecule has 2 heteroatoms. The standard InChI is InChI=1S/C9H8ClN/c10-6-9(7-11)8-4-2-1-3-5-8/h1-5,9H,6H2. The van der Waals surface area contributed by atoms with Gasteiger partial charge < -0.3 is 0 Å². The Morgan fingerprint density at radius 3 is 2.45 bits per heavy atom. The minimum atomic E-state index is -0.169. The van der Waals surface area contributed by atoms with Gasteiger partial charge in [-0.1, -0.05) is 30.3 Å². The molecule has 0 heterocycles. The number of hydrogen-bond donors (Lipinski definition) is 0. The van der Waals surface area contributed by atoms with Crippen LogP contribution in [0.1, 0.15) is 11.5 Å². The molecular weight excluding hydrogens is 158 g/mol. The molecule has 11 heavy (non-hydrogen) atoms. The molecule has 0 saturated heterocycles. The minimum Gasteiger partial charge on any atom is -0.198 e. The van der Waals surface area contributed by atoms with Crippen LogP contribution >= 0.6 is 11.6 Å². The lowest BCUT2D eigenvalue weighted by molar-refractivity contribution is 0.991. The number of halogens is 1. The molecule has 56 valence electrons. The van der Waals surface area contributed by atoms with Crippen LogP contribution in [0.5, 0.6) is 0 Å². The van der Waals surface area contributed by atoms with E-state index >= 15 is 0 Å². The monoisotopic (exact) mass is 165 g/mol. The average Bonchev–Trinajstić information content (AvgIpc) is 2.09. The van der Waals surface area contributed by atoms with Gasteiger partial charge >= 0.3 is 0 Å². The zero-order chi connectivity index (χ0) is 8.10.